The van der Waals surface area contributed by atoms with Crippen LogP contribution in [0.2, 0.25) is 0 Å². The largest absolute Gasteiger partial charge is 0.508 e. The quantitative estimate of drug-likeness (QED) is 0.756. The molecule has 21 heavy (non-hydrogen) atoms. The highest BCUT2D eigenvalue weighted by Crippen LogP contribution is 2.60. The van der Waals surface area contributed by atoms with Crippen molar-refractivity contribution in [2.75, 3.05) is 0 Å². The average molecular weight is 284 g/mol. The summed E-state index contributed by atoms with van der Waals surface area (Å²) < 4.78 is 0. The maximum Gasteiger partial charge on any atom is 0.116 e. The molecule has 5 atom stereocenters. The molecule has 0 spiro atoms. The van der Waals surface area contributed by atoms with E-state index in [4.69, 9.17) is 0 Å². The molecule has 3 aliphatic rings. The van der Waals surface area contributed by atoms with Gasteiger partial charge in [-0.25, -0.2) is 0 Å². The molecule has 0 radical (unpaired) electrons. The van der Waals surface area contributed by atoms with E-state index in [1.54, 1.807) is 0 Å². The molecule has 0 heterocycles. The van der Waals surface area contributed by atoms with Gasteiger partial charge in [0.15, 0.2) is 0 Å². The van der Waals surface area contributed by atoms with E-state index < -0.39 is 0 Å². The number of fused-ring (bicyclic) bond motifs is 5. The van der Waals surface area contributed by atoms with Crippen molar-refractivity contribution in [3.05, 3.63) is 34.9 Å². The molecular formula is C19H24O2. The summed E-state index contributed by atoms with van der Waals surface area (Å²) in [4.78, 5) is 0. The van der Waals surface area contributed by atoms with Crippen LogP contribution in [-0.2, 0) is 0 Å². The van der Waals surface area contributed by atoms with Crippen LogP contribution in [0.1, 0.15) is 55.2 Å². The third kappa shape index (κ3) is 1.75. The molecule has 0 aliphatic heterocycles. The number of aromatic hydroxyl groups is 1. The van der Waals surface area contributed by atoms with Gasteiger partial charge in [-0.05, 0) is 84.6 Å². The zero-order chi connectivity index (χ0) is 14.8. The summed E-state index contributed by atoms with van der Waals surface area (Å²) in [5.41, 5.74) is 3.94. The fraction of sp³-hybridized carbons (Fsp3) is 0.579. The predicted molar refractivity (Wildman–Crippen MR) is 84.2 cm³/mol. The summed E-state index contributed by atoms with van der Waals surface area (Å²) in [6, 6.07) is 3.79. The number of allylic oxidation sites excluding steroid dienone is 1. The first-order valence-electron chi connectivity index (χ1n) is 8.20. The summed E-state index contributed by atoms with van der Waals surface area (Å²) in [5, 5.41) is 20.2. The van der Waals surface area contributed by atoms with Crippen LogP contribution in [0.4, 0.5) is 0 Å². The van der Waals surface area contributed by atoms with Gasteiger partial charge >= 0.3 is 0 Å². The van der Waals surface area contributed by atoms with E-state index in [0.29, 0.717) is 23.5 Å². The monoisotopic (exact) mass is 284 g/mol. The van der Waals surface area contributed by atoms with Crippen molar-refractivity contribution in [1.29, 1.82) is 0 Å². The standard InChI is InChI=1S/C19H24O2/c1-11-9-13(20)10-12-3-4-14-15(18(11)12)7-8-19(2)16(14)5-6-17(19)21/h3-4,9-10,14-17,20-21H,5-8H2,1-2H3/t14-,15-,16-,17+,19-/m1/s1. The van der Waals surface area contributed by atoms with Gasteiger partial charge in [0.25, 0.3) is 0 Å². The predicted octanol–water partition coefficient (Wildman–Crippen LogP) is 4.00. The lowest BCUT2D eigenvalue weighted by molar-refractivity contribution is -0.00803. The Kier molecular flexibility index (Phi) is 2.78. The van der Waals surface area contributed by atoms with Crippen LogP contribution in [0.25, 0.3) is 6.08 Å². The average Bonchev–Trinajstić information content (AvgIpc) is 2.74. The molecular weight excluding hydrogens is 260 g/mol. The van der Waals surface area contributed by atoms with Crippen LogP contribution in [0, 0.1) is 24.2 Å². The lowest BCUT2D eigenvalue weighted by atomic mass is 9.56. The molecule has 112 valence electrons. The van der Waals surface area contributed by atoms with E-state index in [9.17, 15) is 10.2 Å². The Morgan fingerprint density at radius 1 is 1.19 bits per heavy atom. The summed E-state index contributed by atoms with van der Waals surface area (Å²) >= 11 is 0. The van der Waals surface area contributed by atoms with E-state index in [1.807, 2.05) is 12.1 Å². The van der Waals surface area contributed by atoms with Gasteiger partial charge in [-0.15, -0.1) is 0 Å². The second kappa shape index (κ2) is 4.36. The molecule has 2 fully saturated rings. The number of phenolic OH excluding ortho intramolecular Hbond substituents is 1. The van der Waals surface area contributed by atoms with Crippen molar-refractivity contribution in [3.8, 4) is 5.75 Å². The first-order chi connectivity index (χ1) is 10.0. The zero-order valence-electron chi connectivity index (χ0n) is 12.8. The van der Waals surface area contributed by atoms with Gasteiger partial charge in [0.1, 0.15) is 5.75 Å². The molecule has 4 rings (SSSR count). The minimum Gasteiger partial charge on any atom is -0.508 e. The number of phenols is 1. The Bertz CT molecular complexity index is 618. The van der Waals surface area contributed by atoms with Gasteiger partial charge in [-0.2, -0.15) is 0 Å². The molecule has 1 aromatic carbocycles. The molecule has 2 N–H and O–H groups in total. The van der Waals surface area contributed by atoms with Gasteiger partial charge in [-0.1, -0.05) is 19.1 Å². The molecule has 1 aromatic rings. The first-order valence-corrected chi connectivity index (χ1v) is 8.20. The number of hydrogen-bond donors (Lipinski definition) is 2. The maximum absolute atomic E-state index is 10.4. The van der Waals surface area contributed by atoms with Crippen LogP contribution in [0.3, 0.4) is 0 Å². The van der Waals surface area contributed by atoms with Crippen molar-refractivity contribution in [2.45, 2.75) is 51.6 Å². The van der Waals surface area contributed by atoms with E-state index in [1.165, 1.54) is 16.7 Å². The number of benzene rings is 1. The number of aliphatic hydroxyl groups excluding tert-OH is 1. The van der Waals surface area contributed by atoms with E-state index in [2.05, 4.69) is 26.0 Å². The third-order valence-corrected chi connectivity index (χ3v) is 6.56. The van der Waals surface area contributed by atoms with Gasteiger partial charge < -0.3 is 10.2 Å². The summed E-state index contributed by atoms with van der Waals surface area (Å²) in [6.07, 6.45) is 8.80. The fourth-order valence-corrected chi connectivity index (χ4v) is 5.44. The van der Waals surface area contributed by atoms with Crippen LogP contribution in [-0.4, -0.2) is 16.3 Å². The highest BCUT2D eigenvalue weighted by atomic mass is 16.3. The molecule has 0 bridgehead atoms. The topological polar surface area (TPSA) is 40.5 Å². The fourth-order valence-electron chi connectivity index (χ4n) is 5.44. The highest BCUT2D eigenvalue weighted by Gasteiger charge is 2.53. The van der Waals surface area contributed by atoms with Crippen molar-refractivity contribution >= 4 is 6.08 Å². The van der Waals surface area contributed by atoms with Crippen molar-refractivity contribution in [3.63, 3.8) is 0 Å². The number of aryl methyl sites for hydroxylation is 1. The van der Waals surface area contributed by atoms with Gasteiger partial charge in [-0.3, -0.25) is 0 Å². The third-order valence-electron chi connectivity index (χ3n) is 6.56. The minimum absolute atomic E-state index is 0.105. The van der Waals surface area contributed by atoms with Crippen molar-refractivity contribution in [1.82, 2.24) is 0 Å². The zero-order valence-corrected chi connectivity index (χ0v) is 12.8. The molecule has 0 saturated heterocycles. The van der Waals surface area contributed by atoms with Crippen molar-refractivity contribution < 1.29 is 10.2 Å². The Labute approximate surface area is 126 Å². The Morgan fingerprint density at radius 3 is 2.81 bits per heavy atom. The molecule has 2 heteroatoms. The number of aliphatic hydroxyl groups is 1. The van der Waals surface area contributed by atoms with Gasteiger partial charge in [0.05, 0.1) is 6.10 Å². The van der Waals surface area contributed by atoms with Crippen LogP contribution >= 0.6 is 0 Å². The Balaban J connectivity index is 1.79. The SMILES string of the molecule is Cc1cc(O)cc2c1[C@@H]1CC[C@]3(C)[C@H](CC[C@@H]3O)[C@@H]1C=C2. The van der Waals surface area contributed by atoms with E-state index >= 15 is 0 Å². The smallest absolute Gasteiger partial charge is 0.116 e. The van der Waals surface area contributed by atoms with Crippen LogP contribution < -0.4 is 0 Å². The molecule has 0 amide bonds. The van der Waals surface area contributed by atoms with Gasteiger partial charge in [0.2, 0.25) is 0 Å². The first kappa shape index (κ1) is 13.4. The van der Waals surface area contributed by atoms with Crippen molar-refractivity contribution in [2.24, 2.45) is 17.3 Å². The second-order valence-electron chi connectivity index (χ2n) is 7.55. The number of rotatable bonds is 0. The number of hydrogen-bond acceptors (Lipinski definition) is 2. The Hall–Kier alpha value is -1.28. The molecule has 0 unspecified atom stereocenters. The Morgan fingerprint density at radius 2 is 2.00 bits per heavy atom. The summed E-state index contributed by atoms with van der Waals surface area (Å²) in [5.74, 6) is 2.08. The van der Waals surface area contributed by atoms with E-state index in [0.717, 1.165) is 25.7 Å². The summed E-state index contributed by atoms with van der Waals surface area (Å²) in [6.45, 7) is 4.41. The van der Waals surface area contributed by atoms with E-state index in [-0.39, 0.29) is 11.5 Å². The van der Waals surface area contributed by atoms with Gasteiger partial charge in [0, 0.05) is 0 Å². The maximum atomic E-state index is 10.4. The molecule has 2 nitrogen and oxygen atoms in total. The van der Waals surface area contributed by atoms with Crippen LogP contribution in [0.15, 0.2) is 18.2 Å². The molecule has 2 saturated carbocycles. The normalized spacial score (nSPS) is 40.5. The van der Waals surface area contributed by atoms with Crippen LogP contribution in [0.5, 0.6) is 5.75 Å². The lowest BCUT2D eigenvalue weighted by Gasteiger charge is -2.48. The second-order valence-corrected chi connectivity index (χ2v) is 7.55. The molecule has 3 aliphatic carbocycles. The lowest BCUT2D eigenvalue weighted by Crippen LogP contribution is -2.42. The minimum atomic E-state index is -0.126. The molecule has 0 aromatic heterocycles. The highest BCUT2D eigenvalue weighted by molar-refractivity contribution is 5.63. The summed E-state index contributed by atoms with van der Waals surface area (Å²) in [7, 11) is 0.